The first-order chi connectivity index (χ1) is 19.4. The van der Waals surface area contributed by atoms with Gasteiger partial charge in [0.05, 0.1) is 26.8 Å². The van der Waals surface area contributed by atoms with Gasteiger partial charge >= 0.3 is 0 Å². The van der Waals surface area contributed by atoms with Gasteiger partial charge in [0.15, 0.2) is 0 Å². The van der Waals surface area contributed by atoms with Crippen LogP contribution >= 0.6 is 11.3 Å². The number of thiophene rings is 1. The van der Waals surface area contributed by atoms with E-state index in [0.29, 0.717) is 0 Å². The second-order valence-corrected chi connectivity index (χ2v) is 11.0. The average Bonchev–Trinajstić information content (AvgIpc) is 3.66. The van der Waals surface area contributed by atoms with Gasteiger partial charge in [-0.05, 0) is 42.5 Å². The predicted octanol–water partition coefficient (Wildman–Crippen LogP) is 9.64. The molecule has 9 aromatic rings. The van der Waals surface area contributed by atoms with Gasteiger partial charge in [-0.1, -0.05) is 78.9 Å². The molecule has 3 nitrogen and oxygen atoms in total. The van der Waals surface area contributed by atoms with Gasteiger partial charge in [-0.2, -0.15) is 0 Å². The highest BCUT2D eigenvalue weighted by molar-refractivity contribution is 7.27. The number of hydrogen-bond acceptors (Lipinski definition) is 2. The number of rotatable bonds is 2. The molecule has 4 aromatic heterocycles. The van der Waals surface area contributed by atoms with Crippen LogP contribution in [0, 0.1) is 0 Å². The fraction of sp³-hybridized carbons (Fsp3) is 0. The molecule has 5 aromatic carbocycles. The SMILES string of the molecule is c1ccc(-n2c3ccccc3c3c4c5ccccc5sc4c4c(c5ccccc5n4-c4ccccn4)c32)cc1. The lowest BCUT2D eigenvalue weighted by Crippen LogP contribution is -1.97. The van der Waals surface area contributed by atoms with E-state index >= 15 is 0 Å². The molecule has 0 saturated heterocycles. The summed E-state index contributed by atoms with van der Waals surface area (Å²) in [7, 11) is 0. The Morgan fingerprint density at radius 2 is 1.13 bits per heavy atom. The summed E-state index contributed by atoms with van der Waals surface area (Å²) in [5, 5.41) is 7.73. The lowest BCUT2D eigenvalue weighted by atomic mass is 10.0. The molecule has 0 aliphatic carbocycles. The molecule has 0 bridgehead atoms. The first kappa shape index (κ1) is 21.1. The first-order valence-corrected chi connectivity index (χ1v) is 14.0. The van der Waals surface area contributed by atoms with Crippen molar-refractivity contribution in [1.82, 2.24) is 14.1 Å². The molecule has 0 saturated carbocycles. The van der Waals surface area contributed by atoms with Crippen LogP contribution in [0.2, 0.25) is 0 Å². The van der Waals surface area contributed by atoms with E-state index in [0.717, 1.165) is 5.82 Å². The van der Waals surface area contributed by atoms with Gasteiger partial charge in [-0.3, -0.25) is 4.57 Å². The van der Waals surface area contributed by atoms with Crippen LogP contribution in [0.25, 0.3) is 75.3 Å². The van der Waals surface area contributed by atoms with Crippen molar-refractivity contribution < 1.29 is 0 Å². The van der Waals surface area contributed by atoms with Crippen molar-refractivity contribution in [3.8, 4) is 11.5 Å². The van der Waals surface area contributed by atoms with Gasteiger partial charge in [-0.15, -0.1) is 11.3 Å². The van der Waals surface area contributed by atoms with Crippen LogP contribution in [0.4, 0.5) is 0 Å². The van der Waals surface area contributed by atoms with Crippen LogP contribution in [-0.2, 0) is 0 Å². The van der Waals surface area contributed by atoms with E-state index in [1.165, 1.54) is 69.5 Å². The second-order valence-electron chi connectivity index (χ2n) is 9.98. The molecule has 0 unspecified atom stereocenters. The van der Waals surface area contributed by atoms with Crippen molar-refractivity contribution in [2.75, 3.05) is 0 Å². The average molecular weight is 516 g/mol. The van der Waals surface area contributed by atoms with E-state index in [1.54, 1.807) is 0 Å². The molecule has 4 heteroatoms. The lowest BCUT2D eigenvalue weighted by molar-refractivity contribution is 1.08. The molecular weight excluding hydrogens is 494 g/mol. The third-order valence-electron chi connectivity index (χ3n) is 7.94. The van der Waals surface area contributed by atoms with Crippen LogP contribution < -0.4 is 0 Å². The Morgan fingerprint density at radius 3 is 1.90 bits per heavy atom. The number of benzene rings is 5. The summed E-state index contributed by atoms with van der Waals surface area (Å²) in [4.78, 5) is 4.85. The van der Waals surface area contributed by atoms with Crippen LogP contribution in [0.3, 0.4) is 0 Å². The number of fused-ring (bicyclic) bond motifs is 12. The largest absolute Gasteiger partial charge is 0.309 e. The third-order valence-corrected chi connectivity index (χ3v) is 9.12. The third kappa shape index (κ3) is 2.73. The Hall–Kier alpha value is -4.93. The summed E-state index contributed by atoms with van der Waals surface area (Å²) in [5.74, 6) is 0.934. The number of nitrogens with zero attached hydrogens (tertiary/aromatic N) is 3. The molecule has 39 heavy (non-hydrogen) atoms. The minimum atomic E-state index is 0.934. The zero-order valence-corrected chi connectivity index (χ0v) is 21.7. The highest BCUT2D eigenvalue weighted by Gasteiger charge is 2.26. The summed E-state index contributed by atoms with van der Waals surface area (Å²) in [6.07, 6.45) is 1.89. The van der Waals surface area contributed by atoms with Crippen molar-refractivity contribution in [2.45, 2.75) is 0 Å². The molecule has 182 valence electrons. The van der Waals surface area contributed by atoms with E-state index < -0.39 is 0 Å². The molecule has 0 amide bonds. The second kappa shape index (κ2) is 7.79. The van der Waals surface area contributed by atoms with Crippen LogP contribution in [0.5, 0.6) is 0 Å². The maximum absolute atomic E-state index is 4.85. The molecular formula is C35H21N3S. The summed E-state index contributed by atoms with van der Waals surface area (Å²) in [6, 6.07) is 43.4. The number of hydrogen-bond donors (Lipinski definition) is 0. The number of para-hydroxylation sites is 3. The molecule has 0 fully saturated rings. The monoisotopic (exact) mass is 515 g/mol. The summed E-state index contributed by atoms with van der Waals surface area (Å²) in [5.41, 5.74) is 6.02. The van der Waals surface area contributed by atoms with Crippen molar-refractivity contribution in [2.24, 2.45) is 0 Å². The molecule has 0 aliphatic heterocycles. The Morgan fingerprint density at radius 1 is 0.487 bits per heavy atom. The van der Waals surface area contributed by atoms with Gasteiger partial charge in [0.25, 0.3) is 0 Å². The molecule has 0 spiro atoms. The molecule has 0 radical (unpaired) electrons. The summed E-state index contributed by atoms with van der Waals surface area (Å²) in [6.45, 7) is 0. The topological polar surface area (TPSA) is 22.8 Å². The zero-order valence-electron chi connectivity index (χ0n) is 20.9. The lowest BCUT2D eigenvalue weighted by Gasteiger charge is -2.11. The predicted molar refractivity (Wildman–Crippen MR) is 166 cm³/mol. The molecule has 0 atom stereocenters. The van der Waals surface area contributed by atoms with Crippen LogP contribution in [-0.4, -0.2) is 14.1 Å². The Labute approximate surface area is 227 Å². The van der Waals surface area contributed by atoms with Crippen molar-refractivity contribution in [1.29, 1.82) is 0 Å². The van der Waals surface area contributed by atoms with E-state index in [4.69, 9.17) is 4.98 Å². The zero-order chi connectivity index (χ0) is 25.5. The van der Waals surface area contributed by atoms with Gasteiger partial charge in [-0.25, -0.2) is 4.98 Å². The fourth-order valence-corrected chi connectivity index (χ4v) is 7.70. The van der Waals surface area contributed by atoms with Gasteiger partial charge < -0.3 is 4.57 Å². The molecule has 0 N–H and O–H groups in total. The van der Waals surface area contributed by atoms with Crippen molar-refractivity contribution in [3.63, 3.8) is 0 Å². The number of aromatic nitrogens is 3. The highest BCUT2D eigenvalue weighted by atomic mass is 32.1. The summed E-state index contributed by atoms with van der Waals surface area (Å²) < 4.78 is 7.44. The van der Waals surface area contributed by atoms with E-state index in [1.807, 2.05) is 23.6 Å². The van der Waals surface area contributed by atoms with Gasteiger partial charge in [0, 0.05) is 48.9 Å². The number of pyridine rings is 1. The fourth-order valence-electron chi connectivity index (χ4n) is 6.45. The maximum atomic E-state index is 4.85. The van der Waals surface area contributed by atoms with Gasteiger partial charge in [0.1, 0.15) is 5.82 Å². The summed E-state index contributed by atoms with van der Waals surface area (Å²) >= 11 is 1.89. The van der Waals surface area contributed by atoms with E-state index in [-0.39, 0.29) is 0 Å². The van der Waals surface area contributed by atoms with Gasteiger partial charge in [0.2, 0.25) is 0 Å². The minimum absolute atomic E-state index is 0.934. The van der Waals surface area contributed by atoms with Crippen LogP contribution in [0.15, 0.2) is 128 Å². The highest BCUT2D eigenvalue weighted by Crippen LogP contribution is 2.50. The van der Waals surface area contributed by atoms with Crippen LogP contribution in [0.1, 0.15) is 0 Å². The standard InChI is InChI=1S/C35H21N3S/c1-2-12-22(13-3-1)37-26-17-7-4-14-23(26)30-31-25-16-6-9-19-28(25)39-35(31)34-32(33(30)37)24-15-5-8-18-27(24)38(34)29-20-10-11-21-36-29/h1-21H. The smallest absolute Gasteiger partial charge is 0.137 e. The Bertz CT molecular complexity index is 2370. The van der Waals surface area contributed by atoms with E-state index in [2.05, 4.69) is 124 Å². The van der Waals surface area contributed by atoms with Crippen molar-refractivity contribution >= 4 is 75.1 Å². The minimum Gasteiger partial charge on any atom is -0.309 e. The Balaban J connectivity index is 1.70. The maximum Gasteiger partial charge on any atom is 0.137 e. The van der Waals surface area contributed by atoms with E-state index in [9.17, 15) is 0 Å². The molecule has 0 aliphatic rings. The van der Waals surface area contributed by atoms with Crippen molar-refractivity contribution in [3.05, 3.63) is 128 Å². The molecule has 4 heterocycles. The first-order valence-electron chi connectivity index (χ1n) is 13.2. The molecule has 9 rings (SSSR count). The normalized spacial score (nSPS) is 12.1. The Kier molecular flexibility index (Phi) is 4.21. The quantitative estimate of drug-likeness (QED) is 0.225.